The summed E-state index contributed by atoms with van der Waals surface area (Å²) in [4.78, 5) is -0.0576. The van der Waals surface area contributed by atoms with Gasteiger partial charge in [-0.1, -0.05) is 6.07 Å². The first-order valence-corrected chi connectivity index (χ1v) is 7.09. The lowest BCUT2D eigenvalue weighted by atomic mass is 10.2. The Morgan fingerprint density at radius 2 is 1.70 bits per heavy atom. The molecule has 0 radical (unpaired) electrons. The third-order valence-electron chi connectivity index (χ3n) is 2.61. The van der Waals surface area contributed by atoms with Gasteiger partial charge >= 0.3 is 0 Å². The summed E-state index contributed by atoms with van der Waals surface area (Å²) >= 11 is 0. The first kappa shape index (κ1) is 14.4. The van der Waals surface area contributed by atoms with Crippen molar-refractivity contribution in [3.8, 4) is 5.75 Å². The fourth-order valence-corrected chi connectivity index (χ4v) is 2.55. The van der Waals surface area contributed by atoms with Gasteiger partial charge in [0.1, 0.15) is 17.4 Å². The van der Waals surface area contributed by atoms with Crippen LogP contribution < -0.4 is 4.72 Å². The van der Waals surface area contributed by atoms with E-state index in [9.17, 15) is 17.2 Å². The number of sulfonamides is 1. The number of halogens is 2. The van der Waals surface area contributed by atoms with Crippen molar-refractivity contribution < 1.29 is 22.3 Å². The van der Waals surface area contributed by atoms with E-state index in [-0.39, 0.29) is 22.8 Å². The molecule has 0 saturated carbocycles. The van der Waals surface area contributed by atoms with Gasteiger partial charge in [-0.25, -0.2) is 21.9 Å². The lowest BCUT2D eigenvalue weighted by molar-refractivity contribution is 0.474. The lowest BCUT2D eigenvalue weighted by Crippen LogP contribution is -2.23. The molecule has 7 heteroatoms. The molecule has 0 saturated heterocycles. The zero-order valence-corrected chi connectivity index (χ0v) is 11.0. The molecule has 2 aromatic carbocycles. The summed E-state index contributed by atoms with van der Waals surface area (Å²) in [5.74, 6) is -1.61. The van der Waals surface area contributed by atoms with Crippen molar-refractivity contribution in [3.05, 3.63) is 59.7 Å². The summed E-state index contributed by atoms with van der Waals surface area (Å²) in [5, 5.41) is 9.09. The molecule has 0 fully saturated rings. The highest BCUT2D eigenvalue weighted by Gasteiger charge is 2.14. The van der Waals surface area contributed by atoms with Crippen molar-refractivity contribution in [2.24, 2.45) is 0 Å². The second-order valence-corrected chi connectivity index (χ2v) is 5.82. The Labute approximate surface area is 114 Å². The molecule has 0 amide bonds. The van der Waals surface area contributed by atoms with E-state index in [0.29, 0.717) is 6.07 Å². The van der Waals surface area contributed by atoms with Crippen LogP contribution in [0.5, 0.6) is 5.75 Å². The molecule has 0 spiro atoms. The third-order valence-corrected chi connectivity index (χ3v) is 4.03. The summed E-state index contributed by atoms with van der Waals surface area (Å²) < 4.78 is 52.1. The maximum atomic E-state index is 13.4. The minimum atomic E-state index is -3.82. The Morgan fingerprint density at radius 1 is 1.05 bits per heavy atom. The molecular weight excluding hydrogens is 288 g/mol. The van der Waals surface area contributed by atoms with Crippen LogP contribution in [0.15, 0.2) is 47.4 Å². The van der Waals surface area contributed by atoms with E-state index in [1.54, 1.807) is 0 Å². The van der Waals surface area contributed by atoms with Crippen LogP contribution in [0.3, 0.4) is 0 Å². The number of aromatic hydroxyl groups is 1. The molecule has 0 aliphatic carbocycles. The second-order valence-electron chi connectivity index (χ2n) is 4.05. The zero-order chi connectivity index (χ0) is 14.8. The molecule has 106 valence electrons. The van der Waals surface area contributed by atoms with Gasteiger partial charge in [0.25, 0.3) is 0 Å². The van der Waals surface area contributed by atoms with E-state index < -0.39 is 21.7 Å². The monoisotopic (exact) mass is 299 g/mol. The van der Waals surface area contributed by atoms with Crippen molar-refractivity contribution in [2.75, 3.05) is 0 Å². The highest BCUT2D eigenvalue weighted by molar-refractivity contribution is 7.89. The van der Waals surface area contributed by atoms with Gasteiger partial charge < -0.3 is 5.11 Å². The van der Waals surface area contributed by atoms with Crippen LogP contribution in [0.4, 0.5) is 8.78 Å². The maximum absolute atomic E-state index is 13.4. The van der Waals surface area contributed by atoms with Crippen molar-refractivity contribution in [2.45, 2.75) is 11.4 Å². The number of hydrogen-bond donors (Lipinski definition) is 2. The van der Waals surface area contributed by atoms with Gasteiger partial charge in [0.05, 0.1) is 4.90 Å². The van der Waals surface area contributed by atoms with Gasteiger partial charge in [-0.2, -0.15) is 0 Å². The molecule has 4 nitrogen and oxygen atoms in total. The number of phenolic OH excluding ortho intramolecular Hbond substituents is 1. The first-order chi connectivity index (χ1) is 9.38. The smallest absolute Gasteiger partial charge is 0.240 e. The molecule has 0 bridgehead atoms. The Kier molecular flexibility index (Phi) is 4.01. The predicted molar refractivity (Wildman–Crippen MR) is 68.5 cm³/mol. The van der Waals surface area contributed by atoms with Crippen LogP contribution >= 0.6 is 0 Å². The minimum Gasteiger partial charge on any atom is -0.508 e. The average Bonchev–Trinajstić information content (AvgIpc) is 2.38. The summed E-state index contributed by atoms with van der Waals surface area (Å²) in [5.41, 5.74) is 0.0359. The Morgan fingerprint density at radius 3 is 2.30 bits per heavy atom. The van der Waals surface area contributed by atoms with Crippen LogP contribution in [0, 0.1) is 11.6 Å². The van der Waals surface area contributed by atoms with E-state index in [1.165, 1.54) is 30.3 Å². The molecule has 2 N–H and O–H groups in total. The van der Waals surface area contributed by atoms with Gasteiger partial charge in [0.2, 0.25) is 10.0 Å². The van der Waals surface area contributed by atoms with Crippen LogP contribution in [0.25, 0.3) is 0 Å². The highest BCUT2D eigenvalue weighted by atomic mass is 32.2. The molecule has 0 unspecified atom stereocenters. The highest BCUT2D eigenvalue weighted by Crippen LogP contribution is 2.15. The van der Waals surface area contributed by atoms with E-state index in [4.69, 9.17) is 5.11 Å². The van der Waals surface area contributed by atoms with E-state index in [1.807, 2.05) is 0 Å². The van der Waals surface area contributed by atoms with Crippen molar-refractivity contribution >= 4 is 10.0 Å². The lowest BCUT2D eigenvalue weighted by Gasteiger charge is -2.07. The first-order valence-electron chi connectivity index (χ1n) is 5.61. The van der Waals surface area contributed by atoms with Crippen LogP contribution in [-0.2, 0) is 16.6 Å². The van der Waals surface area contributed by atoms with Crippen molar-refractivity contribution in [1.82, 2.24) is 4.72 Å². The van der Waals surface area contributed by atoms with E-state index >= 15 is 0 Å². The largest absolute Gasteiger partial charge is 0.508 e. The summed E-state index contributed by atoms with van der Waals surface area (Å²) in [6, 6.07) is 7.80. The molecule has 0 heterocycles. The van der Waals surface area contributed by atoms with Crippen molar-refractivity contribution in [3.63, 3.8) is 0 Å². The topological polar surface area (TPSA) is 66.4 Å². The standard InChI is InChI=1S/C13H11F2NO3S/c14-10-2-1-9(13(15)7-10)8-16-20(18,19)12-5-3-11(17)4-6-12/h1-7,16-17H,8H2. The molecular formula is C13H11F2NO3S. The molecule has 0 aliphatic rings. The van der Waals surface area contributed by atoms with Crippen LogP contribution in [0.2, 0.25) is 0 Å². The molecule has 20 heavy (non-hydrogen) atoms. The third kappa shape index (κ3) is 3.31. The van der Waals surface area contributed by atoms with Crippen LogP contribution in [-0.4, -0.2) is 13.5 Å². The Hall–Kier alpha value is -1.99. The quantitative estimate of drug-likeness (QED) is 0.909. The van der Waals surface area contributed by atoms with E-state index in [0.717, 1.165) is 6.07 Å². The Bertz CT molecular complexity index is 715. The summed E-state index contributed by atoms with van der Waals surface area (Å²) in [6.07, 6.45) is 0. The number of nitrogens with one attached hydrogen (secondary N) is 1. The van der Waals surface area contributed by atoms with Crippen LogP contribution in [0.1, 0.15) is 5.56 Å². The second kappa shape index (κ2) is 5.56. The number of rotatable bonds is 4. The van der Waals surface area contributed by atoms with Gasteiger partial charge in [-0.3, -0.25) is 0 Å². The van der Waals surface area contributed by atoms with Gasteiger partial charge in [-0.05, 0) is 30.3 Å². The molecule has 0 aromatic heterocycles. The van der Waals surface area contributed by atoms with E-state index in [2.05, 4.69) is 4.72 Å². The number of hydrogen-bond acceptors (Lipinski definition) is 3. The maximum Gasteiger partial charge on any atom is 0.240 e. The normalized spacial score (nSPS) is 11.5. The minimum absolute atomic E-state index is 0.0359. The zero-order valence-electron chi connectivity index (χ0n) is 10.2. The fraction of sp³-hybridized carbons (Fsp3) is 0.0769. The number of benzene rings is 2. The summed E-state index contributed by atoms with van der Waals surface area (Å²) in [6.45, 7) is -0.296. The molecule has 0 aliphatic heterocycles. The predicted octanol–water partition coefficient (Wildman–Crippen LogP) is 2.15. The SMILES string of the molecule is O=S(=O)(NCc1ccc(F)cc1F)c1ccc(O)cc1. The average molecular weight is 299 g/mol. The van der Waals surface area contributed by atoms with Crippen molar-refractivity contribution in [1.29, 1.82) is 0 Å². The van der Waals surface area contributed by atoms with Gasteiger partial charge in [0.15, 0.2) is 0 Å². The molecule has 0 atom stereocenters. The fourth-order valence-electron chi connectivity index (χ4n) is 1.55. The molecule has 2 aromatic rings. The molecule has 2 rings (SSSR count). The number of phenols is 1. The Balaban J connectivity index is 2.15. The summed E-state index contributed by atoms with van der Waals surface area (Å²) in [7, 11) is -3.82. The van der Waals surface area contributed by atoms with Gasteiger partial charge in [0, 0.05) is 18.2 Å². The van der Waals surface area contributed by atoms with Gasteiger partial charge in [-0.15, -0.1) is 0 Å².